The molecular formula is C17H22N2O3. The second-order valence-electron chi connectivity index (χ2n) is 5.41. The highest BCUT2D eigenvalue weighted by Crippen LogP contribution is 2.18. The fourth-order valence-electron chi connectivity index (χ4n) is 2.48. The van der Waals surface area contributed by atoms with Crippen LogP contribution < -0.4 is 5.32 Å². The van der Waals surface area contributed by atoms with Crippen LogP contribution in [0.25, 0.3) is 10.9 Å². The minimum Gasteiger partial charge on any atom is -0.481 e. The third-order valence-corrected chi connectivity index (χ3v) is 3.69. The third-order valence-electron chi connectivity index (χ3n) is 3.69. The first-order valence-electron chi connectivity index (χ1n) is 7.70. The maximum Gasteiger partial charge on any atom is 0.303 e. The fourth-order valence-corrected chi connectivity index (χ4v) is 2.48. The van der Waals surface area contributed by atoms with Gasteiger partial charge in [-0.1, -0.05) is 24.6 Å². The van der Waals surface area contributed by atoms with Gasteiger partial charge in [-0.15, -0.1) is 0 Å². The van der Waals surface area contributed by atoms with E-state index in [-0.39, 0.29) is 12.3 Å². The molecule has 0 aliphatic heterocycles. The predicted octanol–water partition coefficient (Wildman–Crippen LogP) is 2.86. The summed E-state index contributed by atoms with van der Waals surface area (Å²) in [6, 6.07) is 8.06. The average Bonchev–Trinajstić information content (AvgIpc) is 2.91. The van der Waals surface area contributed by atoms with E-state index < -0.39 is 5.97 Å². The first-order valence-corrected chi connectivity index (χ1v) is 7.70. The van der Waals surface area contributed by atoms with Crippen molar-refractivity contribution in [1.82, 2.24) is 10.3 Å². The van der Waals surface area contributed by atoms with Gasteiger partial charge in [0.05, 0.1) is 0 Å². The summed E-state index contributed by atoms with van der Waals surface area (Å²) >= 11 is 0. The van der Waals surface area contributed by atoms with Crippen LogP contribution in [0.2, 0.25) is 0 Å². The molecule has 0 atom stereocenters. The molecule has 0 unspecified atom stereocenters. The molecule has 2 aromatic rings. The number of carbonyl (C=O) groups is 2. The highest BCUT2D eigenvalue weighted by molar-refractivity contribution is 5.84. The number of H-pyrrole nitrogens is 1. The van der Waals surface area contributed by atoms with Gasteiger partial charge >= 0.3 is 5.97 Å². The number of aromatic amines is 1. The maximum absolute atomic E-state index is 11.8. The third kappa shape index (κ3) is 4.91. The van der Waals surface area contributed by atoms with Gasteiger partial charge in [0.1, 0.15) is 0 Å². The van der Waals surface area contributed by atoms with Crippen molar-refractivity contribution in [2.45, 2.75) is 38.5 Å². The molecule has 118 valence electrons. The summed E-state index contributed by atoms with van der Waals surface area (Å²) in [5.74, 6) is -0.716. The molecule has 22 heavy (non-hydrogen) atoms. The van der Waals surface area contributed by atoms with Gasteiger partial charge < -0.3 is 15.4 Å². The van der Waals surface area contributed by atoms with E-state index in [1.54, 1.807) is 0 Å². The van der Waals surface area contributed by atoms with Crippen molar-refractivity contribution < 1.29 is 14.7 Å². The highest BCUT2D eigenvalue weighted by atomic mass is 16.4. The number of carboxylic acids is 1. The second kappa shape index (κ2) is 8.22. The Morgan fingerprint density at radius 1 is 1.09 bits per heavy atom. The number of aliphatic carboxylic acids is 1. The normalized spacial score (nSPS) is 10.7. The SMILES string of the molecule is O=C(O)CCCCCNC(=O)CCc1c[nH]c2ccccc12. The van der Waals surface area contributed by atoms with Gasteiger partial charge in [-0.05, 0) is 30.9 Å². The first-order chi connectivity index (χ1) is 10.7. The Labute approximate surface area is 129 Å². The lowest BCUT2D eigenvalue weighted by molar-refractivity contribution is -0.137. The van der Waals surface area contributed by atoms with Crippen LogP contribution in [-0.2, 0) is 16.0 Å². The molecular weight excluding hydrogens is 280 g/mol. The molecule has 0 saturated carbocycles. The van der Waals surface area contributed by atoms with Crippen LogP contribution in [0.1, 0.15) is 37.7 Å². The number of fused-ring (bicyclic) bond motifs is 1. The molecule has 1 heterocycles. The number of hydrogen-bond acceptors (Lipinski definition) is 2. The van der Waals surface area contributed by atoms with Crippen LogP contribution >= 0.6 is 0 Å². The van der Waals surface area contributed by atoms with Crippen LogP contribution in [0.15, 0.2) is 30.5 Å². The number of carbonyl (C=O) groups excluding carboxylic acids is 1. The van der Waals surface area contributed by atoms with Crippen molar-refractivity contribution in [3.8, 4) is 0 Å². The lowest BCUT2D eigenvalue weighted by Gasteiger charge is -2.04. The van der Waals surface area contributed by atoms with Gasteiger partial charge in [-0.2, -0.15) is 0 Å². The number of para-hydroxylation sites is 1. The Balaban J connectivity index is 1.64. The van der Waals surface area contributed by atoms with E-state index in [0.29, 0.717) is 19.4 Å². The summed E-state index contributed by atoms with van der Waals surface area (Å²) in [6.07, 6.45) is 5.67. The number of unbranched alkanes of at least 4 members (excludes halogenated alkanes) is 2. The number of rotatable bonds is 9. The molecule has 0 saturated heterocycles. The summed E-state index contributed by atoms with van der Waals surface area (Å²) in [5.41, 5.74) is 2.25. The van der Waals surface area contributed by atoms with Gasteiger partial charge in [0.15, 0.2) is 0 Å². The van der Waals surface area contributed by atoms with E-state index in [1.165, 1.54) is 5.39 Å². The molecule has 0 bridgehead atoms. The van der Waals surface area contributed by atoms with Crippen LogP contribution in [-0.4, -0.2) is 28.5 Å². The molecule has 5 nitrogen and oxygen atoms in total. The maximum atomic E-state index is 11.8. The van der Waals surface area contributed by atoms with Crippen molar-refractivity contribution in [3.63, 3.8) is 0 Å². The summed E-state index contributed by atoms with van der Waals surface area (Å²) in [4.78, 5) is 25.4. The smallest absolute Gasteiger partial charge is 0.303 e. The quantitative estimate of drug-likeness (QED) is 0.623. The lowest BCUT2D eigenvalue weighted by atomic mass is 10.1. The Morgan fingerprint density at radius 2 is 1.91 bits per heavy atom. The largest absolute Gasteiger partial charge is 0.481 e. The Morgan fingerprint density at radius 3 is 2.73 bits per heavy atom. The number of benzene rings is 1. The van der Waals surface area contributed by atoms with Crippen LogP contribution in [0, 0.1) is 0 Å². The second-order valence-corrected chi connectivity index (χ2v) is 5.41. The Hall–Kier alpha value is -2.30. The molecule has 1 aromatic carbocycles. The zero-order valence-corrected chi connectivity index (χ0v) is 12.6. The van der Waals surface area contributed by atoms with Crippen molar-refractivity contribution in [2.24, 2.45) is 0 Å². The topological polar surface area (TPSA) is 82.2 Å². The molecule has 5 heteroatoms. The molecule has 0 spiro atoms. The minimum atomic E-state index is -0.761. The molecule has 3 N–H and O–H groups in total. The Bertz CT molecular complexity index is 634. The van der Waals surface area contributed by atoms with Crippen molar-refractivity contribution in [2.75, 3.05) is 6.54 Å². The van der Waals surface area contributed by atoms with Gasteiger partial charge in [-0.3, -0.25) is 9.59 Å². The first kappa shape index (κ1) is 16.1. The summed E-state index contributed by atoms with van der Waals surface area (Å²) in [5, 5.41) is 12.6. The number of hydrogen-bond donors (Lipinski definition) is 3. The summed E-state index contributed by atoms with van der Waals surface area (Å²) in [7, 11) is 0. The summed E-state index contributed by atoms with van der Waals surface area (Å²) in [6.45, 7) is 0.617. The monoisotopic (exact) mass is 302 g/mol. The zero-order valence-electron chi connectivity index (χ0n) is 12.6. The number of carboxylic acid groups (broad SMARTS) is 1. The molecule has 0 aliphatic rings. The predicted molar refractivity (Wildman–Crippen MR) is 85.7 cm³/mol. The van der Waals surface area contributed by atoms with E-state index in [4.69, 9.17) is 5.11 Å². The van der Waals surface area contributed by atoms with E-state index in [0.717, 1.165) is 30.3 Å². The van der Waals surface area contributed by atoms with Gasteiger partial charge in [0.25, 0.3) is 0 Å². The standard InChI is InChI=1S/C17H22N2O3/c20-16(18-11-5-1-2-8-17(21)22)10-9-13-12-19-15-7-4-3-6-14(13)15/h3-4,6-7,12,19H,1-2,5,8-11H2,(H,18,20)(H,21,22). The van der Waals surface area contributed by atoms with E-state index in [2.05, 4.69) is 16.4 Å². The average molecular weight is 302 g/mol. The van der Waals surface area contributed by atoms with Crippen molar-refractivity contribution >= 4 is 22.8 Å². The highest BCUT2D eigenvalue weighted by Gasteiger charge is 2.06. The number of aryl methyl sites for hydroxylation is 1. The molecule has 1 amide bonds. The number of nitrogens with one attached hydrogen (secondary N) is 2. The van der Waals surface area contributed by atoms with Gasteiger partial charge in [-0.25, -0.2) is 0 Å². The van der Waals surface area contributed by atoms with Crippen LogP contribution in [0.4, 0.5) is 0 Å². The Kier molecular flexibility index (Phi) is 6.01. The van der Waals surface area contributed by atoms with E-state index in [1.807, 2.05) is 24.4 Å². The molecule has 0 fully saturated rings. The number of amides is 1. The zero-order chi connectivity index (χ0) is 15.8. The summed E-state index contributed by atoms with van der Waals surface area (Å²) < 4.78 is 0. The van der Waals surface area contributed by atoms with Crippen LogP contribution in [0.5, 0.6) is 0 Å². The fraction of sp³-hybridized carbons (Fsp3) is 0.412. The molecule has 0 radical (unpaired) electrons. The van der Waals surface area contributed by atoms with E-state index >= 15 is 0 Å². The molecule has 0 aliphatic carbocycles. The molecule has 1 aromatic heterocycles. The van der Waals surface area contributed by atoms with Gasteiger partial charge in [0.2, 0.25) is 5.91 Å². The lowest BCUT2D eigenvalue weighted by Crippen LogP contribution is -2.24. The van der Waals surface area contributed by atoms with Crippen LogP contribution in [0.3, 0.4) is 0 Å². The van der Waals surface area contributed by atoms with Gasteiger partial charge in [0, 0.05) is 36.5 Å². The van der Waals surface area contributed by atoms with E-state index in [9.17, 15) is 9.59 Å². The number of aromatic nitrogens is 1. The minimum absolute atomic E-state index is 0.0449. The van der Waals surface area contributed by atoms with Crippen molar-refractivity contribution in [3.05, 3.63) is 36.0 Å². The molecule has 2 rings (SSSR count). The van der Waals surface area contributed by atoms with Crippen molar-refractivity contribution in [1.29, 1.82) is 0 Å².